The van der Waals surface area contributed by atoms with Gasteiger partial charge in [0, 0.05) is 16.1 Å². The number of nitrogens with one attached hydrogen (secondary N) is 3. The Kier molecular flexibility index (Phi) is 5.71. The number of amides is 1. The minimum atomic E-state index is -0.0819. The number of benzene rings is 2. The van der Waals surface area contributed by atoms with E-state index < -0.39 is 0 Å². The number of carbonyl (C=O) groups excluding carboxylic acids is 1. The quantitative estimate of drug-likeness (QED) is 0.656. The van der Waals surface area contributed by atoms with Crippen molar-refractivity contribution in [2.24, 2.45) is 0 Å². The summed E-state index contributed by atoms with van der Waals surface area (Å²) in [6.07, 6.45) is 0. The predicted molar refractivity (Wildman–Crippen MR) is 106 cm³/mol. The molecule has 1 fully saturated rings. The third-order valence-corrected chi connectivity index (χ3v) is 5.86. The van der Waals surface area contributed by atoms with Crippen LogP contribution in [0, 0.1) is 0 Å². The van der Waals surface area contributed by atoms with E-state index in [-0.39, 0.29) is 18.7 Å². The monoisotopic (exact) mass is 403 g/mol. The molecule has 2 aliphatic rings. The SMILES string of the molecule is C[NH+]1CC[NH+]([C@H](CNC(=O)c2ccc(Cl)cc2)c2ccc3c(c2)OCO3)CC1. The molecule has 3 N–H and O–H groups in total. The molecule has 0 bridgehead atoms. The van der Waals surface area contributed by atoms with Crippen LogP contribution in [0.3, 0.4) is 0 Å². The number of piperazine rings is 1. The number of fused-ring (bicyclic) bond motifs is 1. The lowest BCUT2D eigenvalue weighted by atomic mass is 10.0. The van der Waals surface area contributed by atoms with Crippen LogP contribution in [0.25, 0.3) is 0 Å². The van der Waals surface area contributed by atoms with Crippen LogP contribution < -0.4 is 24.6 Å². The molecule has 2 aliphatic heterocycles. The molecule has 2 aromatic rings. The van der Waals surface area contributed by atoms with Gasteiger partial charge >= 0.3 is 0 Å². The van der Waals surface area contributed by atoms with Gasteiger partial charge in [0.05, 0.1) is 13.6 Å². The molecule has 0 spiro atoms. The highest BCUT2D eigenvalue weighted by Gasteiger charge is 2.31. The highest BCUT2D eigenvalue weighted by atomic mass is 35.5. The Bertz CT molecular complexity index is 835. The van der Waals surface area contributed by atoms with Crippen molar-refractivity contribution in [1.82, 2.24) is 5.32 Å². The summed E-state index contributed by atoms with van der Waals surface area (Å²) in [5, 5.41) is 3.74. The van der Waals surface area contributed by atoms with Gasteiger partial charge in [0.15, 0.2) is 11.5 Å². The molecule has 2 aromatic carbocycles. The van der Waals surface area contributed by atoms with Gasteiger partial charge in [0.25, 0.3) is 5.91 Å². The second kappa shape index (κ2) is 8.39. The Morgan fingerprint density at radius 3 is 2.54 bits per heavy atom. The molecule has 1 atom stereocenters. The minimum Gasteiger partial charge on any atom is -0.454 e. The van der Waals surface area contributed by atoms with E-state index in [4.69, 9.17) is 21.1 Å². The molecule has 6 nitrogen and oxygen atoms in total. The van der Waals surface area contributed by atoms with E-state index in [1.807, 2.05) is 6.07 Å². The molecule has 148 valence electrons. The summed E-state index contributed by atoms with van der Waals surface area (Å²) in [7, 11) is 2.23. The van der Waals surface area contributed by atoms with E-state index in [1.165, 1.54) is 4.90 Å². The van der Waals surface area contributed by atoms with E-state index in [0.717, 1.165) is 43.2 Å². The fraction of sp³-hybridized carbons (Fsp3) is 0.381. The number of hydrogen-bond donors (Lipinski definition) is 3. The van der Waals surface area contributed by atoms with E-state index in [0.29, 0.717) is 17.1 Å². The molecule has 28 heavy (non-hydrogen) atoms. The first kappa shape index (κ1) is 19.1. The predicted octanol–water partition coefficient (Wildman–Crippen LogP) is -0.0470. The number of carbonyl (C=O) groups is 1. The lowest BCUT2D eigenvalue weighted by Gasteiger charge is -2.33. The molecule has 2 heterocycles. The van der Waals surface area contributed by atoms with Crippen LogP contribution in [-0.4, -0.2) is 52.5 Å². The first-order valence-corrected chi connectivity index (χ1v) is 10.1. The van der Waals surface area contributed by atoms with Crippen LogP contribution in [0.2, 0.25) is 5.02 Å². The highest BCUT2D eigenvalue weighted by molar-refractivity contribution is 6.30. The number of rotatable bonds is 5. The Balaban J connectivity index is 1.51. The van der Waals surface area contributed by atoms with Crippen LogP contribution in [-0.2, 0) is 0 Å². The minimum absolute atomic E-state index is 0.0819. The molecule has 0 aromatic heterocycles. The Morgan fingerprint density at radius 2 is 1.79 bits per heavy atom. The molecule has 4 rings (SSSR count). The molecule has 0 unspecified atom stereocenters. The summed E-state index contributed by atoms with van der Waals surface area (Å²) in [6, 6.07) is 13.2. The first-order chi connectivity index (χ1) is 13.6. The lowest BCUT2D eigenvalue weighted by molar-refractivity contribution is -1.02. The fourth-order valence-electron chi connectivity index (χ4n) is 3.87. The van der Waals surface area contributed by atoms with E-state index in [2.05, 4.69) is 24.5 Å². The van der Waals surface area contributed by atoms with Gasteiger partial charge in [-0.2, -0.15) is 0 Å². The van der Waals surface area contributed by atoms with E-state index in [9.17, 15) is 4.79 Å². The zero-order valence-corrected chi connectivity index (χ0v) is 16.7. The number of likely N-dealkylation sites (N-methyl/N-ethyl adjacent to an activating group) is 1. The smallest absolute Gasteiger partial charge is 0.251 e. The zero-order chi connectivity index (χ0) is 19.5. The first-order valence-electron chi connectivity index (χ1n) is 9.69. The second-order valence-corrected chi connectivity index (χ2v) is 7.93. The summed E-state index contributed by atoms with van der Waals surface area (Å²) in [5.41, 5.74) is 1.78. The third-order valence-electron chi connectivity index (χ3n) is 5.61. The Morgan fingerprint density at radius 1 is 1.07 bits per heavy atom. The topological polar surface area (TPSA) is 56.4 Å². The normalized spacial score (nSPS) is 21.9. The van der Waals surface area contributed by atoms with Crippen molar-refractivity contribution in [2.75, 3.05) is 46.6 Å². The Labute approximate surface area is 170 Å². The molecule has 0 aliphatic carbocycles. The molecule has 0 saturated carbocycles. The summed E-state index contributed by atoms with van der Waals surface area (Å²) in [5.74, 6) is 1.48. The van der Waals surface area contributed by atoms with Crippen molar-refractivity contribution in [1.29, 1.82) is 0 Å². The molecule has 0 radical (unpaired) electrons. The van der Waals surface area contributed by atoms with Gasteiger partial charge in [0.2, 0.25) is 6.79 Å². The van der Waals surface area contributed by atoms with Gasteiger partial charge in [-0.25, -0.2) is 0 Å². The number of ether oxygens (including phenoxy) is 2. The largest absolute Gasteiger partial charge is 0.454 e. The maximum Gasteiger partial charge on any atom is 0.251 e. The van der Waals surface area contributed by atoms with Gasteiger partial charge in [0.1, 0.15) is 32.2 Å². The van der Waals surface area contributed by atoms with Crippen LogP contribution in [0.1, 0.15) is 22.0 Å². The molecule has 1 saturated heterocycles. The van der Waals surface area contributed by atoms with Gasteiger partial charge in [-0.15, -0.1) is 0 Å². The van der Waals surface area contributed by atoms with Gasteiger partial charge in [-0.1, -0.05) is 11.6 Å². The molecule has 7 heteroatoms. The average Bonchev–Trinajstić information content (AvgIpc) is 3.18. The highest BCUT2D eigenvalue weighted by Crippen LogP contribution is 2.33. The standard InChI is InChI=1S/C21H24ClN3O3/c1-24-8-10-25(11-9-24)18(16-4-7-19-20(12-16)28-14-27-19)13-23-21(26)15-2-5-17(22)6-3-15/h2-7,12,18H,8-11,13-14H2,1H3,(H,23,26)/p+2/t18-/m1/s1. The fourth-order valence-corrected chi connectivity index (χ4v) is 4.00. The van der Waals surface area contributed by atoms with E-state index >= 15 is 0 Å². The van der Waals surface area contributed by atoms with Crippen LogP contribution in [0.5, 0.6) is 11.5 Å². The van der Waals surface area contributed by atoms with Crippen molar-refractivity contribution < 1.29 is 24.1 Å². The maximum absolute atomic E-state index is 12.6. The molecular formula is C21H26ClN3O3+2. The lowest BCUT2D eigenvalue weighted by Crippen LogP contribution is -3.27. The van der Waals surface area contributed by atoms with Crippen molar-refractivity contribution in [2.45, 2.75) is 6.04 Å². The summed E-state index contributed by atoms with van der Waals surface area (Å²) < 4.78 is 11.0. The second-order valence-electron chi connectivity index (χ2n) is 7.50. The van der Waals surface area contributed by atoms with Gasteiger partial charge in [-0.3, -0.25) is 4.79 Å². The van der Waals surface area contributed by atoms with Crippen molar-refractivity contribution in [3.63, 3.8) is 0 Å². The molecular weight excluding hydrogens is 378 g/mol. The van der Waals surface area contributed by atoms with Crippen LogP contribution in [0.15, 0.2) is 42.5 Å². The third kappa shape index (κ3) is 4.24. The summed E-state index contributed by atoms with van der Waals surface area (Å²) in [4.78, 5) is 15.6. The molecule has 1 amide bonds. The van der Waals surface area contributed by atoms with Crippen molar-refractivity contribution >= 4 is 17.5 Å². The average molecular weight is 404 g/mol. The number of hydrogen-bond acceptors (Lipinski definition) is 3. The van der Waals surface area contributed by atoms with Crippen LogP contribution in [0.4, 0.5) is 0 Å². The number of quaternary nitrogens is 2. The number of halogens is 1. The van der Waals surface area contributed by atoms with Crippen molar-refractivity contribution in [3.05, 3.63) is 58.6 Å². The zero-order valence-electron chi connectivity index (χ0n) is 16.0. The van der Waals surface area contributed by atoms with Gasteiger partial charge < -0.3 is 24.6 Å². The van der Waals surface area contributed by atoms with Crippen LogP contribution >= 0.6 is 11.6 Å². The van der Waals surface area contributed by atoms with Gasteiger partial charge in [-0.05, 0) is 42.5 Å². The van der Waals surface area contributed by atoms with E-state index in [1.54, 1.807) is 29.2 Å². The van der Waals surface area contributed by atoms with Crippen molar-refractivity contribution in [3.8, 4) is 11.5 Å². The Hall–Kier alpha value is -2.28. The maximum atomic E-state index is 12.6. The summed E-state index contributed by atoms with van der Waals surface area (Å²) in [6.45, 7) is 5.23. The summed E-state index contributed by atoms with van der Waals surface area (Å²) >= 11 is 5.92.